The first-order valence-corrected chi connectivity index (χ1v) is 7.89. The maximum Gasteiger partial charge on any atom is 0.220 e. The highest BCUT2D eigenvalue weighted by Gasteiger charge is 2.08. The minimum absolute atomic E-state index is 0.126. The third-order valence-electron chi connectivity index (χ3n) is 2.51. The van der Waals surface area contributed by atoms with Gasteiger partial charge in [-0.2, -0.15) is 11.8 Å². The second kappa shape index (κ2) is 10.3. The van der Waals surface area contributed by atoms with Crippen LogP contribution in [0.25, 0.3) is 0 Å². The van der Waals surface area contributed by atoms with Crippen molar-refractivity contribution in [3.63, 3.8) is 0 Å². The zero-order valence-corrected chi connectivity index (χ0v) is 12.9. The number of unbranched alkanes of at least 4 members (excludes halogenated alkanes) is 1. The number of nitrogens with one attached hydrogen (secondary N) is 1. The quantitative estimate of drug-likeness (QED) is 0.513. The molecule has 0 aliphatic heterocycles. The molecule has 0 aliphatic rings. The summed E-state index contributed by atoms with van der Waals surface area (Å²) in [5.41, 5.74) is 0.436. The van der Waals surface area contributed by atoms with Crippen LogP contribution in [0, 0.1) is 17.8 Å². The Kier molecular flexibility index (Phi) is 9.96. The molecule has 0 heterocycles. The lowest BCUT2D eigenvalue weighted by Crippen LogP contribution is -2.25. The van der Waals surface area contributed by atoms with Crippen molar-refractivity contribution in [1.29, 1.82) is 0 Å². The first kappa shape index (κ1) is 17.4. The van der Waals surface area contributed by atoms with Crippen molar-refractivity contribution >= 4 is 17.7 Å². The van der Waals surface area contributed by atoms with Crippen LogP contribution in [0.2, 0.25) is 0 Å². The Bertz CT molecular complexity index is 263. The normalized spacial score (nSPS) is 11.0. The van der Waals surface area contributed by atoms with Gasteiger partial charge in [-0.25, -0.2) is 0 Å². The van der Waals surface area contributed by atoms with Crippen molar-refractivity contribution in [2.45, 2.75) is 52.9 Å². The van der Waals surface area contributed by atoms with Gasteiger partial charge in [0.25, 0.3) is 0 Å². The summed E-state index contributed by atoms with van der Waals surface area (Å²) in [6.07, 6.45) is 9.68. The van der Waals surface area contributed by atoms with Crippen LogP contribution >= 0.6 is 11.8 Å². The Hall–Kier alpha value is -0.620. The second-order valence-corrected chi connectivity index (χ2v) is 6.91. The minimum atomic E-state index is 0.126. The van der Waals surface area contributed by atoms with Gasteiger partial charge in [0.15, 0.2) is 0 Å². The molecular formula is C15H27NOS. The molecule has 0 aliphatic carbocycles. The fourth-order valence-corrected chi connectivity index (χ4v) is 2.31. The highest BCUT2D eigenvalue weighted by atomic mass is 32.2. The summed E-state index contributed by atoms with van der Waals surface area (Å²) >= 11 is 1.92. The van der Waals surface area contributed by atoms with Crippen LogP contribution in [0.4, 0.5) is 0 Å². The van der Waals surface area contributed by atoms with Gasteiger partial charge in [0.2, 0.25) is 5.91 Å². The average Bonchev–Trinajstić information content (AvgIpc) is 2.26. The van der Waals surface area contributed by atoms with E-state index >= 15 is 0 Å². The van der Waals surface area contributed by atoms with Gasteiger partial charge in [-0.05, 0) is 30.4 Å². The van der Waals surface area contributed by atoms with Crippen molar-refractivity contribution in [3.8, 4) is 12.3 Å². The lowest BCUT2D eigenvalue weighted by Gasteiger charge is -2.17. The van der Waals surface area contributed by atoms with E-state index in [9.17, 15) is 4.79 Å². The van der Waals surface area contributed by atoms with Gasteiger partial charge in [-0.3, -0.25) is 4.79 Å². The summed E-state index contributed by atoms with van der Waals surface area (Å²) in [7, 11) is 0. The van der Waals surface area contributed by atoms with E-state index in [-0.39, 0.29) is 5.91 Å². The van der Waals surface area contributed by atoms with Crippen LogP contribution < -0.4 is 5.32 Å². The lowest BCUT2D eigenvalue weighted by molar-refractivity contribution is -0.121. The molecule has 1 N–H and O–H groups in total. The summed E-state index contributed by atoms with van der Waals surface area (Å²) in [5, 5.41) is 2.92. The van der Waals surface area contributed by atoms with Gasteiger partial charge in [0, 0.05) is 25.1 Å². The minimum Gasteiger partial charge on any atom is -0.355 e. The van der Waals surface area contributed by atoms with Crippen LogP contribution in [-0.4, -0.2) is 24.0 Å². The third kappa shape index (κ3) is 13.4. The Morgan fingerprint density at radius 2 is 2.00 bits per heavy atom. The largest absolute Gasteiger partial charge is 0.355 e. The standard InChI is InChI=1S/C15H27NOS/c1-5-6-7-9-14(17)16-11-13-18-12-8-10-15(2,3)4/h1H,6-13H2,2-4H3,(H,16,17). The maximum absolute atomic E-state index is 11.3. The number of amides is 1. The molecule has 0 saturated heterocycles. The monoisotopic (exact) mass is 269 g/mol. The van der Waals surface area contributed by atoms with Crippen LogP contribution in [-0.2, 0) is 4.79 Å². The molecule has 0 saturated carbocycles. The van der Waals surface area contributed by atoms with E-state index in [0.717, 1.165) is 18.7 Å². The molecule has 1 amide bonds. The van der Waals surface area contributed by atoms with Gasteiger partial charge in [-0.1, -0.05) is 20.8 Å². The highest BCUT2D eigenvalue weighted by molar-refractivity contribution is 7.99. The molecule has 0 bridgehead atoms. The molecule has 0 rings (SSSR count). The van der Waals surface area contributed by atoms with Crippen molar-refractivity contribution in [1.82, 2.24) is 5.32 Å². The fourth-order valence-electron chi connectivity index (χ4n) is 1.51. The Labute approximate surface area is 117 Å². The number of hydrogen-bond donors (Lipinski definition) is 1. The van der Waals surface area contributed by atoms with E-state index < -0.39 is 0 Å². The third-order valence-corrected chi connectivity index (χ3v) is 3.58. The lowest BCUT2D eigenvalue weighted by atomic mass is 9.91. The van der Waals surface area contributed by atoms with Crippen molar-refractivity contribution in [2.24, 2.45) is 5.41 Å². The van der Waals surface area contributed by atoms with Gasteiger partial charge >= 0.3 is 0 Å². The van der Waals surface area contributed by atoms with E-state index in [2.05, 4.69) is 32.0 Å². The van der Waals surface area contributed by atoms with Crippen LogP contribution in [0.5, 0.6) is 0 Å². The topological polar surface area (TPSA) is 29.1 Å². The van der Waals surface area contributed by atoms with E-state index in [0.29, 0.717) is 18.3 Å². The maximum atomic E-state index is 11.3. The fraction of sp³-hybridized carbons (Fsp3) is 0.800. The Morgan fingerprint density at radius 3 is 2.61 bits per heavy atom. The molecule has 0 radical (unpaired) electrons. The second-order valence-electron chi connectivity index (χ2n) is 5.68. The summed E-state index contributed by atoms with van der Waals surface area (Å²) in [6.45, 7) is 7.59. The van der Waals surface area contributed by atoms with Crippen molar-refractivity contribution in [3.05, 3.63) is 0 Å². The van der Waals surface area contributed by atoms with Crippen molar-refractivity contribution < 1.29 is 4.79 Å². The molecule has 0 aromatic rings. The van der Waals surface area contributed by atoms with Crippen LogP contribution in [0.3, 0.4) is 0 Å². The molecule has 0 fully saturated rings. The summed E-state index contributed by atoms with van der Waals surface area (Å²) in [5.74, 6) is 4.86. The van der Waals surface area contributed by atoms with E-state index in [1.54, 1.807) is 0 Å². The smallest absolute Gasteiger partial charge is 0.220 e. The summed E-state index contributed by atoms with van der Waals surface area (Å²) < 4.78 is 0. The van der Waals surface area contributed by atoms with Crippen LogP contribution in [0.15, 0.2) is 0 Å². The number of carbonyl (C=O) groups excluding carboxylic acids is 1. The number of rotatable bonds is 9. The SMILES string of the molecule is C#CCCCC(=O)NCCSCCCC(C)(C)C. The molecule has 0 aromatic heterocycles. The molecular weight excluding hydrogens is 242 g/mol. The molecule has 2 nitrogen and oxygen atoms in total. The first-order valence-electron chi connectivity index (χ1n) is 6.73. The molecule has 0 spiro atoms. The molecule has 3 heteroatoms. The molecule has 18 heavy (non-hydrogen) atoms. The van der Waals surface area contributed by atoms with Gasteiger partial charge < -0.3 is 5.32 Å². The average molecular weight is 269 g/mol. The van der Waals surface area contributed by atoms with E-state index in [1.807, 2.05) is 11.8 Å². The molecule has 0 aromatic carbocycles. The number of thioether (sulfide) groups is 1. The number of hydrogen-bond acceptors (Lipinski definition) is 2. The van der Waals surface area contributed by atoms with Gasteiger partial charge in [0.1, 0.15) is 0 Å². The highest BCUT2D eigenvalue weighted by Crippen LogP contribution is 2.21. The summed E-state index contributed by atoms with van der Waals surface area (Å²) in [4.78, 5) is 11.3. The molecule has 0 unspecified atom stereocenters. The van der Waals surface area contributed by atoms with Crippen LogP contribution in [0.1, 0.15) is 52.9 Å². The predicted molar refractivity (Wildman–Crippen MR) is 81.7 cm³/mol. The number of carbonyl (C=O) groups is 1. The molecule has 104 valence electrons. The Morgan fingerprint density at radius 1 is 1.28 bits per heavy atom. The number of terminal acetylenes is 1. The zero-order chi connectivity index (χ0) is 13.9. The zero-order valence-electron chi connectivity index (χ0n) is 12.1. The first-order chi connectivity index (χ1) is 8.45. The van der Waals surface area contributed by atoms with Crippen molar-refractivity contribution in [2.75, 3.05) is 18.1 Å². The van der Waals surface area contributed by atoms with Gasteiger partial charge in [-0.15, -0.1) is 12.3 Å². The summed E-state index contributed by atoms with van der Waals surface area (Å²) in [6, 6.07) is 0. The molecule has 0 atom stereocenters. The van der Waals surface area contributed by atoms with Gasteiger partial charge in [0.05, 0.1) is 0 Å². The van der Waals surface area contributed by atoms with E-state index in [4.69, 9.17) is 6.42 Å². The van der Waals surface area contributed by atoms with E-state index in [1.165, 1.54) is 18.6 Å². The predicted octanol–water partition coefficient (Wildman–Crippen LogP) is 3.47. The Balaban J connectivity index is 3.25.